The molecule has 1 aliphatic rings. The van der Waals surface area contributed by atoms with Crippen LogP contribution in [0.3, 0.4) is 0 Å². The van der Waals surface area contributed by atoms with Gasteiger partial charge in [0.1, 0.15) is 0 Å². The Labute approximate surface area is 146 Å². The van der Waals surface area contributed by atoms with Crippen LogP contribution in [0.1, 0.15) is 29.3 Å². The van der Waals surface area contributed by atoms with Crippen LogP contribution in [0.15, 0.2) is 29.6 Å². The van der Waals surface area contributed by atoms with Gasteiger partial charge in [-0.05, 0) is 67.9 Å². The summed E-state index contributed by atoms with van der Waals surface area (Å²) in [6.45, 7) is 5.70. The fourth-order valence-corrected chi connectivity index (χ4v) is 4.06. The lowest BCUT2D eigenvalue weighted by Gasteiger charge is -2.27. The van der Waals surface area contributed by atoms with Crippen LogP contribution in [0, 0.1) is 6.92 Å². The fraction of sp³-hybridized carbons (Fsp3) is 0.389. The molecule has 1 aliphatic heterocycles. The van der Waals surface area contributed by atoms with Crippen molar-refractivity contribution in [3.05, 3.63) is 50.7 Å². The number of amides is 1. The van der Waals surface area contributed by atoms with E-state index in [1.807, 2.05) is 43.4 Å². The number of carbonyl (C=O) groups is 1. The summed E-state index contributed by atoms with van der Waals surface area (Å²) in [7, 11) is 0. The Morgan fingerprint density at radius 3 is 3.04 bits per heavy atom. The van der Waals surface area contributed by atoms with Crippen molar-refractivity contribution in [3.63, 3.8) is 0 Å². The average Bonchev–Trinajstić information content (AvgIpc) is 2.88. The molecule has 1 aromatic carbocycles. The third-order valence-corrected chi connectivity index (χ3v) is 5.95. The Balaban J connectivity index is 1.71. The normalized spacial score (nSPS) is 16.5. The van der Waals surface area contributed by atoms with Gasteiger partial charge < -0.3 is 5.32 Å². The van der Waals surface area contributed by atoms with Gasteiger partial charge in [-0.1, -0.05) is 17.7 Å². The second-order valence-corrected chi connectivity index (χ2v) is 7.43. The summed E-state index contributed by atoms with van der Waals surface area (Å²) in [5.41, 5.74) is 3.07. The summed E-state index contributed by atoms with van der Waals surface area (Å²) >= 11 is 7.96. The molecule has 0 aliphatic carbocycles. The molecule has 0 bridgehead atoms. The van der Waals surface area contributed by atoms with Crippen LogP contribution < -0.4 is 5.32 Å². The zero-order chi connectivity index (χ0) is 16.4. The number of anilines is 1. The van der Waals surface area contributed by atoms with E-state index in [0.717, 1.165) is 37.2 Å². The first-order chi connectivity index (χ1) is 11.1. The lowest BCUT2D eigenvalue weighted by atomic mass is 10.1. The van der Waals surface area contributed by atoms with Gasteiger partial charge >= 0.3 is 0 Å². The van der Waals surface area contributed by atoms with Gasteiger partial charge in [-0.25, -0.2) is 0 Å². The van der Waals surface area contributed by atoms with Gasteiger partial charge in [-0.3, -0.25) is 9.69 Å². The third-order valence-electron chi connectivity index (χ3n) is 4.51. The topological polar surface area (TPSA) is 32.3 Å². The molecule has 1 atom stereocenters. The molecule has 122 valence electrons. The first-order valence-corrected chi connectivity index (χ1v) is 9.17. The molecule has 0 saturated heterocycles. The maximum absolute atomic E-state index is 12.6. The van der Waals surface area contributed by atoms with E-state index in [4.69, 9.17) is 11.6 Å². The Kier molecular flexibility index (Phi) is 5.05. The van der Waals surface area contributed by atoms with Crippen LogP contribution in [-0.4, -0.2) is 23.4 Å². The highest BCUT2D eigenvalue weighted by molar-refractivity contribution is 7.10. The van der Waals surface area contributed by atoms with Crippen molar-refractivity contribution < 1.29 is 4.79 Å². The van der Waals surface area contributed by atoms with Crippen LogP contribution in [0.2, 0.25) is 5.02 Å². The molecule has 5 heteroatoms. The number of aryl methyl sites for hydroxylation is 1. The minimum Gasteiger partial charge on any atom is -0.324 e. The SMILES string of the molecule is Cc1c(Cl)cccc1NC(=O)C(C)N1CCCc2sccc2C1. The Hall–Kier alpha value is -1.36. The van der Waals surface area contributed by atoms with Crippen molar-refractivity contribution in [2.24, 2.45) is 0 Å². The van der Waals surface area contributed by atoms with Crippen molar-refractivity contribution in [2.75, 3.05) is 11.9 Å². The van der Waals surface area contributed by atoms with E-state index in [2.05, 4.69) is 21.7 Å². The van der Waals surface area contributed by atoms with Crippen LogP contribution in [0.4, 0.5) is 5.69 Å². The predicted molar refractivity (Wildman–Crippen MR) is 97.3 cm³/mol. The fourth-order valence-electron chi connectivity index (χ4n) is 2.94. The molecule has 3 rings (SSSR count). The molecule has 1 N–H and O–H groups in total. The molecular weight excluding hydrogens is 328 g/mol. The summed E-state index contributed by atoms with van der Waals surface area (Å²) in [4.78, 5) is 16.4. The van der Waals surface area contributed by atoms with E-state index < -0.39 is 0 Å². The van der Waals surface area contributed by atoms with E-state index in [1.54, 1.807) is 0 Å². The Morgan fingerprint density at radius 2 is 2.22 bits per heavy atom. The number of hydrogen-bond donors (Lipinski definition) is 1. The van der Waals surface area contributed by atoms with Crippen LogP contribution in [0.25, 0.3) is 0 Å². The first-order valence-electron chi connectivity index (χ1n) is 7.91. The number of thiophene rings is 1. The standard InChI is InChI=1S/C18H21ClN2OS/c1-12-15(19)5-3-6-16(12)20-18(22)13(2)21-9-4-7-17-14(11-21)8-10-23-17/h3,5-6,8,10,13H,4,7,9,11H2,1-2H3,(H,20,22). The number of halogens is 1. The van der Waals surface area contributed by atoms with Gasteiger partial charge in [0.25, 0.3) is 0 Å². The minimum absolute atomic E-state index is 0.0223. The number of fused-ring (bicyclic) bond motifs is 1. The molecule has 0 saturated carbocycles. The summed E-state index contributed by atoms with van der Waals surface area (Å²) in [5.74, 6) is 0.0223. The molecule has 1 amide bonds. The van der Waals surface area contributed by atoms with E-state index >= 15 is 0 Å². The van der Waals surface area contributed by atoms with E-state index in [-0.39, 0.29) is 11.9 Å². The summed E-state index contributed by atoms with van der Waals surface area (Å²) in [5, 5.41) is 5.85. The average molecular weight is 349 g/mol. The molecule has 0 fully saturated rings. The molecule has 0 radical (unpaired) electrons. The maximum atomic E-state index is 12.6. The van der Waals surface area contributed by atoms with Crippen molar-refractivity contribution in [2.45, 2.75) is 39.3 Å². The highest BCUT2D eigenvalue weighted by Gasteiger charge is 2.25. The number of nitrogens with zero attached hydrogens (tertiary/aromatic N) is 1. The second-order valence-electron chi connectivity index (χ2n) is 6.02. The van der Waals surface area contributed by atoms with E-state index in [0.29, 0.717) is 5.02 Å². The molecule has 2 heterocycles. The van der Waals surface area contributed by atoms with Gasteiger partial charge in [0.05, 0.1) is 6.04 Å². The number of nitrogens with one attached hydrogen (secondary N) is 1. The van der Waals surface area contributed by atoms with Gasteiger partial charge in [0.2, 0.25) is 5.91 Å². The molecule has 2 aromatic rings. The van der Waals surface area contributed by atoms with Gasteiger partial charge in [-0.15, -0.1) is 11.3 Å². The number of hydrogen-bond acceptors (Lipinski definition) is 3. The molecule has 1 aromatic heterocycles. The van der Waals surface area contributed by atoms with E-state index in [9.17, 15) is 4.79 Å². The molecule has 0 spiro atoms. The van der Waals surface area contributed by atoms with E-state index in [1.165, 1.54) is 10.4 Å². The smallest absolute Gasteiger partial charge is 0.241 e. The van der Waals surface area contributed by atoms with Gasteiger partial charge in [-0.2, -0.15) is 0 Å². The predicted octanol–water partition coefficient (Wildman–Crippen LogP) is 4.49. The minimum atomic E-state index is -0.167. The highest BCUT2D eigenvalue weighted by Crippen LogP contribution is 2.26. The highest BCUT2D eigenvalue weighted by atomic mass is 35.5. The molecule has 1 unspecified atom stereocenters. The zero-order valence-corrected chi connectivity index (χ0v) is 15.0. The molecular formula is C18H21ClN2OS. The molecule has 23 heavy (non-hydrogen) atoms. The number of benzene rings is 1. The van der Waals surface area contributed by atoms with Crippen molar-refractivity contribution in [1.29, 1.82) is 0 Å². The summed E-state index contributed by atoms with van der Waals surface area (Å²) in [6, 6.07) is 7.61. The quantitative estimate of drug-likeness (QED) is 0.886. The lowest BCUT2D eigenvalue weighted by molar-refractivity contribution is -0.121. The summed E-state index contributed by atoms with van der Waals surface area (Å²) < 4.78 is 0. The summed E-state index contributed by atoms with van der Waals surface area (Å²) in [6.07, 6.45) is 2.21. The molecule has 3 nitrogen and oxygen atoms in total. The van der Waals surface area contributed by atoms with Gasteiger partial charge in [0, 0.05) is 22.1 Å². The third kappa shape index (κ3) is 3.60. The number of rotatable bonds is 3. The Bertz CT molecular complexity index is 713. The zero-order valence-electron chi connectivity index (χ0n) is 13.4. The maximum Gasteiger partial charge on any atom is 0.241 e. The number of carbonyl (C=O) groups excluding carboxylic acids is 1. The van der Waals surface area contributed by atoms with Crippen LogP contribution >= 0.6 is 22.9 Å². The lowest BCUT2D eigenvalue weighted by Crippen LogP contribution is -2.41. The van der Waals surface area contributed by atoms with Crippen LogP contribution in [0.5, 0.6) is 0 Å². The first kappa shape index (κ1) is 16.5. The van der Waals surface area contributed by atoms with Gasteiger partial charge in [0.15, 0.2) is 0 Å². The van der Waals surface area contributed by atoms with Crippen molar-refractivity contribution >= 4 is 34.5 Å². The largest absolute Gasteiger partial charge is 0.324 e. The second kappa shape index (κ2) is 7.04. The van der Waals surface area contributed by atoms with Crippen LogP contribution in [-0.2, 0) is 17.8 Å². The Morgan fingerprint density at radius 1 is 1.39 bits per heavy atom. The monoisotopic (exact) mass is 348 g/mol. The van der Waals surface area contributed by atoms with Crippen molar-refractivity contribution in [3.8, 4) is 0 Å². The van der Waals surface area contributed by atoms with Crippen molar-refractivity contribution in [1.82, 2.24) is 4.90 Å².